The van der Waals surface area contributed by atoms with E-state index in [1.165, 1.54) is 17.1 Å². The molecule has 1 aliphatic rings. The molecule has 1 aliphatic heterocycles. The number of aryl methyl sites for hydroxylation is 2. The van der Waals surface area contributed by atoms with Crippen LogP contribution in [0, 0.1) is 0 Å². The van der Waals surface area contributed by atoms with Crippen molar-refractivity contribution in [3.8, 4) is 0 Å². The molecule has 0 spiro atoms. The summed E-state index contributed by atoms with van der Waals surface area (Å²) in [6.45, 7) is 3.25. The quantitative estimate of drug-likeness (QED) is 0.635. The molecular formula is C8H12N2S. The molecule has 2 nitrogen and oxygen atoms in total. The second-order valence-corrected chi connectivity index (χ2v) is 3.86. The molecule has 2 heterocycles. The van der Waals surface area contributed by atoms with Crippen LogP contribution in [0.25, 0.3) is 0 Å². The highest BCUT2D eigenvalue weighted by Crippen LogP contribution is 2.19. The summed E-state index contributed by atoms with van der Waals surface area (Å²) in [5, 5.41) is 4.47. The fourth-order valence-electron chi connectivity index (χ4n) is 1.33. The van der Waals surface area contributed by atoms with E-state index in [4.69, 9.17) is 0 Å². The van der Waals surface area contributed by atoms with Gasteiger partial charge in [0.2, 0.25) is 0 Å². The minimum atomic E-state index is 1.06. The molecule has 0 N–H and O–H groups in total. The average Bonchev–Trinajstić information content (AvgIpc) is 2.46. The Labute approximate surface area is 71.0 Å². The maximum absolute atomic E-state index is 4.47. The van der Waals surface area contributed by atoms with Crippen molar-refractivity contribution < 1.29 is 0 Å². The summed E-state index contributed by atoms with van der Waals surface area (Å²) in [6.07, 6.45) is 1.06. The predicted octanol–water partition coefficient (Wildman–Crippen LogP) is 1.69. The third-order valence-corrected chi connectivity index (χ3v) is 2.94. The zero-order chi connectivity index (χ0) is 7.68. The molecule has 0 amide bonds. The predicted molar refractivity (Wildman–Crippen MR) is 47.8 cm³/mol. The molecule has 1 aromatic heterocycles. The van der Waals surface area contributed by atoms with Gasteiger partial charge >= 0.3 is 0 Å². The van der Waals surface area contributed by atoms with Crippen molar-refractivity contribution in [3.63, 3.8) is 0 Å². The van der Waals surface area contributed by atoms with Gasteiger partial charge in [0.15, 0.2) is 0 Å². The van der Waals surface area contributed by atoms with Gasteiger partial charge < -0.3 is 0 Å². The molecule has 2 rings (SSSR count). The van der Waals surface area contributed by atoms with Gasteiger partial charge in [0.25, 0.3) is 0 Å². The van der Waals surface area contributed by atoms with E-state index < -0.39 is 0 Å². The number of hydrogen-bond donors (Lipinski definition) is 0. The van der Waals surface area contributed by atoms with Crippen LogP contribution in [0.15, 0.2) is 6.07 Å². The lowest BCUT2D eigenvalue weighted by Crippen LogP contribution is -2.11. The normalized spacial score (nSPS) is 16.5. The first-order chi connectivity index (χ1) is 5.40. The molecule has 0 aliphatic carbocycles. The molecule has 0 fully saturated rings. The number of fused-ring (bicyclic) bond motifs is 1. The number of rotatable bonds is 1. The summed E-state index contributed by atoms with van der Waals surface area (Å²) in [4.78, 5) is 0. The molecule has 11 heavy (non-hydrogen) atoms. The van der Waals surface area contributed by atoms with E-state index in [1.807, 2.05) is 11.8 Å². The Balaban J connectivity index is 2.32. The van der Waals surface area contributed by atoms with Gasteiger partial charge in [-0.05, 0) is 12.5 Å². The lowest BCUT2D eigenvalue weighted by atomic mass is 10.3. The first-order valence-corrected chi connectivity index (χ1v) is 5.19. The third-order valence-electron chi connectivity index (χ3n) is 1.97. The minimum Gasteiger partial charge on any atom is -0.268 e. The Bertz CT molecular complexity index is 231. The highest BCUT2D eigenvalue weighted by molar-refractivity contribution is 7.98. The van der Waals surface area contributed by atoms with Crippen LogP contribution in [0.3, 0.4) is 0 Å². The SMILES string of the molecule is CCc1cc2n(n1)CCSC2. The maximum Gasteiger partial charge on any atom is 0.0625 e. The Morgan fingerprint density at radius 3 is 3.36 bits per heavy atom. The maximum atomic E-state index is 4.47. The summed E-state index contributed by atoms with van der Waals surface area (Å²) in [6, 6.07) is 2.23. The molecule has 60 valence electrons. The monoisotopic (exact) mass is 168 g/mol. The standard InChI is InChI=1S/C8H12N2S/c1-2-7-5-8-6-11-4-3-10(8)9-7/h5H,2-4,6H2,1H3. The van der Waals surface area contributed by atoms with E-state index in [1.54, 1.807) is 0 Å². The van der Waals surface area contributed by atoms with Crippen LogP contribution in [-0.2, 0) is 18.7 Å². The van der Waals surface area contributed by atoms with Crippen molar-refractivity contribution in [2.75, 3.05) is 5.75 Å². The third kappa shape index (κ3) is 1.29. The van der Waals surface area contributed by atoms with Crippen LogP contribution in [0.2, 0.25) is 0 Å². The summed E-state index contributed by atoms with van der Waals surface area (Å²) in [5.41, 5.74) is 2.64. The Kier molecular flexibility index (Phi) is 1.90. The highest BCUT2D eigenvalue weighted by Gasteiger charge is 2.10. The molecular weight excluding hydrogens is 156 g/mol. The largest absolute Gasteiger partial charge is 0.268 e. The smallest absolute Gasteiger partial charge is 0.0625 e. The molecule has 0 radical (unpaired) electrons. The number of hydrogen-bond acceptors (Lipinski definition) is 2. The molecule has 3 heteroatoms. The summed E-state index contributed by atoms with van der Waals surface area (Å²) in [5.74, 6) is 2.37. The Morgan fingerprint density at radius 2 is 2.64 bits per heavy atom. The van der Waals surface area contributed by atoms with Crippen LogP contribution in [0.1, 0.15) is 18.3 Å². The van der Waals surface area contributed by atoms with Crippen LogP contribution < -0.4 is 0 Å². The highest BCUT2D eigenvalue weighted by atomic mass is 32.2. The zero-order valence-corrected chi connectivity index (χ0v) is 7.52. The molecule has 0 aromatic carbocycles. The zero-order valence-electron chi connectivity index (χ0n) is 6.71. The van der Waals surface area contributed by atoms with E-state index in [9.17, 15) is 0 Å². The molecule has 1 aromatic rings. The van der Waals surface area contributed by atoms with Gasteiger partial charge in [0, 0.05) is 17.2 Å². The average molecular weight is 168 g/mol. The molecule has 0 saturated heterocycles. The fourth-order valence-corrected chi connectivity index (χ4v) is 2.21. The number of nitrogens with zero attached hydrogens (tertiary/aromatic N) is 2. The van der Waals surface area contributed by atoms with Crippen molar-refractivity contribution in [1.29, 1.82) is 0 Å². The summed E-state index contributed by atoms with van der Waals surface area (Å²) < 4.78 is 2.15. The van der Waals surface area contributed by atoms with Gasteiger partial charge in [0.1, 0.15) is 0 Å². The first kappa shape index (κ1) is 7.22. The molecule has 0 bridgehead atoms. The lowest BCUT2D eigenvalue weighted by molar-refractivity contribution is 0.624. The second kappa shape index (κ2) is 2.89. The van der Waals surface area contributed by atoms with Crippen molar-refractivity contribution >= 4 is 11.8 Å². The van der Waals surface area contributed by atoms with Gasteiger partial charge in [-0.2, -0.15) is 16.9 Å². The molecule has 0 unspecified atom stereocenters. The van der Waals surface area contributed by atoms with Gasteiger partial charge in [-0.3, -0.25) is 4.68 Å². The number of thioether (sulfide) groups is 1. The van der Waals surface area contributed by atoms with Crippen molar-refractivity contribution in [2.45, 2.75) is 25.6 Å². The minimum absolute atomic E-state index is 1.06. The van der Waals surface area contributed by atoms with Crippen LogP contribution in [0.4, 0.5) is 0 Å². The van der Waals surface area contributed by atoms with E-state index in [-0.39, 0.29) is 0 Å². The van der Waals surface area contributed by atoms with E-state index in [2.05, 4.69) is 22.8 Å². The Hall–Kier alpha value is -0.440. The van der Waals surface area contributed by atoms with E-state index in [0.717, 1.165) is 18.7 Å². The van der Waals surface area contributed by atoms with E-state index >= 15 is 0 Å². The van der Waals surface area contributed by atoms with E-state index in [0.29, 0.717) is 0 Å². The molecule has 0 saturated carbocycles. The van der Waals surface area contributed by atoms with Crippen LogP contribution in [0.5, 0.6) is 0 Å². The van der Waals surface area contributed by atoms with Gasteiger partial charge in [-0.15, -0.1) is 0 Å². The Morgan fingerprint density at radius 1 is 1.73 bits per heavy atom. The van der Waals surface area contributed by atoms with Gasteiger partial charge in [-0.25, -0.2) is 0 Å². The van der Waals surface area contributed by atoms with Gasteiger partial charge in [0.05, 0.1) is 12.2 Å². The van der Waals surface area contributed by atoms with Crippen LogP contribution >= 0.6 is 11.8 Å². The topological polar surface area (TPSA) is 17.8 Å². The van der Waals surface area contributed by atoms with Crippen molar-refractivity contribution in [2.24, 2.45) is 0 Å². The summed E-state index contributed by atoms with van der Waals surface area (Å²) in [7, 11) is 0. The first-order valence-electron chi connectivity index (χ1n) is 4.03. The van der Waals surface area contributed by atoms with Crippen LogP contribution in [-0.4, -0.2) is 15.5 Å². The van der Waals surface area contributed by atoms with Crippen molar-refractivity contribution in [3.05, 3.63) is 17.5 Å². The van der Waals surface area contributed by atoms with Crippen molar-refractivity contribution in [1.82, 2.24) is 9.78 Å². The number of aromatic nitrogens is 2. The molecule has 0 atom stereocenters. The fraction of sp³-hybridized carbons (Fsp3) is 0.625. The second-order valence-electron chi connectivity index (χ2n) is 2.76. The van der Waals surface area contributed by atoms with Gasteiger partial charge in [-0.1, -0.05) is 6.92 Å². The summed E-state index contributed by atoms with van der Waals surface area (Å²) >= 11 is 2.00. The lowest BCUT2D eigenvalue weighted by Gasteiger charge is -2.11.